The van der Waals surface area contributed by atoms with Crippen molar-refractivity contribution in [2.24, 2.45) is 5.10 Å². The predicted octanol–water partition coefficient (Wildman–Crippen LogP) is 1.55. The zero-order valence-corrected chi connectivity index (χ0v) is 10.0. The van der Waals surface area contributed by atoms with E-state index in [-0.39, 0.29) is 17.5 Å². The lowest BCUT2D eigenvalue weighted by Crippen LogP contribution is -2.04. The number of nitrogens with zero attached hydrogens (tertiary/aromatic N) is 4. The Morgan fingerprint density at radius 1 is 1.35 bits per heavy atom. The molecule has 0 atom stereocenters. The van der Waals surface area contributed by atoms with Crippen LogP contribution in [0.15, 0.2) is 35.7 Å². The van der Waals surface area contributed by atoms with Gasteiger partial charge in [-0.05, 0) is 17.7 Å². The molecular formula is C11H9FN6O2. The van der Waals surface area contributed by atoms with Crippen molar-refractivity contribution in [3.8, 4) is 0 Å². The molecule has 102 valence electrons. The van der Waals surface area contributed by atoms with Crippen LogP contribution in [0.1, 0.15) is 5.56 Å². The van der Waals surface area contributed by atoms with Crippen molar-refractivity contribution < 1.29 is 9.31 Å². The largest absolute Gasteiger partial charge is 0.378 e. The zero-order valence-electron chi connectivity index (χ0n) is 10.0. The lowest BCUT2D eigenvalue weighted by molar-refractivity contribution is -0.383. The molecule has 2 rings (SSSR count). The fourth-order valence-corrected chi connectivity index (χ4v) is 1.37. The van der Waals surface area contributed by atoms with Gasteiger partial charge in [0.05, 0.1) is 11.1 Å². The van der Waals surface area contributed by atoms with Crippen molar-refractivity contribution in [2.75, 3.05) is 11.2 Å². The van der Waals surface area contributed by atoms with E-state index in [4.69, 9.17) is 5.73 Å². The van der Waals surface area contributed by atoms with E-state index in [1.54, 1.807) is 0 Å². The Bertz CT molecular complexity index is 658. The smallest absolute Gasteiger partial charge is 0.354 e. The van der Waals surface area contributed by atoms with E-state index in [9.17, 15) is 14.5 Å². The molecule has 3 N–H and O–H groups in total. The molecule has 0 aliphatic rings. The Morgan fingerprint density at radius 2 is 2.05 bits per heavy atom. The number of rotatable bonds is 4. The average molecular weight is 276 g/mol. The van der Waals surface area contributed by atoms with E-state index >= 15 is 0 Å². The SMILES string of the molecule is Nc1ncnc(N/N=C\c2ccc(F)cc2)c1[N+](=O)[O-]. The molecule has 20 heavy (non-hydrogen) atoms. The molecule has 0 bridgehead atoms. The monoisotopic (exact) mass is 276 g/mol. The van der Waals surface area contributed by atoms with Gasteiger partial charge in [-0.1, -0.05) is 12.1 Å². The summed E-state index contributed by atoms with van der Waals surface area (Å²) in [6.45, 7) is 0. The predicted molar refractivity (Wildman–Crippen MR) is 70.7 cm³/mol. The molecule has 0 radical (unpaired) electrons. The van der Waals surface area contributed by atoms with Gasteiger partial charge in [0.2, 0.25) is 11.6 Å². The van der Waals surface area contributed by atoms with E-state index in [1.807, 2.05) is 0 Å². The Morgan fingerprint density at radius 3 is 2.70 bits per heavy atom. The summed E-state index contributed by atoms with van der Waals surface area (Å²) in [5.74, 6) is -0.750. The molecule has 0 amide bonds. The number of benzene rings is 1. The molecule has 1 heterocycles. The molecule has 0 fully saturated rings. The number of nitrogens with one attached hydrogen (secondary N) is 1. The summed E-state index contributed by atoms with van der Waals surface area (Å²) in [4.78, 5) is 17.3. The first kappa shape index (κ1) is 13.3. The minimum Gasteiger partial charge on any atom is -0.378 e. The number of anilines is 2. The average Bonchev–Trinajstić information content (AvgIpc) is 2.40. The van der Waals surface area contributed by atoms with Gasteiger partial charge in [0, 0.05) is 0 Å². The molecule has 2 aromatic rings. The molecule has 0 aliphatic carbocycles. The highest BCUT2D eigenvalue weighted by Gasteiger charge is 2.20. The van der Waals surface area contributed by atoms with E-state index in [0.29, 0.717) is 5.56 Å². The highest BCUT2D eigenvalue weighted by atomic mass is 19.1. The number of hydrogen-bond donors (Lipinski definition) is 2. The summed E-state index contributed by atoms with van der Waals surface area (Å²) in [7, 11) is 0. The van der Waals surface area contributed by atoms with Crippen molar-refractivity contribution in [1.82, 2.24) is 9.97 Å². The summed E-state index contributed by atoms with van der Waals surface area (Å²) in [5.41, 5.74) is 7.96. The number of hydrogen-bond acceptors (Lipinski definition) is 7. The van der Waals surface area contributed by atoms with E-state index in [2.05, 4.69) is 20.5 Å². The maximum Gasteiger partial charge on any atom is 0.354 e. The summed E-state index contributed by atoms with van der Waals surface area (Å²) in [5, 5.41) is 14.6. The number of hydrazone groups is 1. The van der Waals surface area contributed by atoms with Crippen LogP contribution in [0, 0.1) is 15.9 Å². The highest BCUT2D eigenvalue weighted by Crippen LogP contribution is 2.25. The Labute approximate surface area is 112 Å². The minimum absolute atomic E-state index is 0.124. The van der Waals surface area contributed by atoms with Gasteiger partial charge in [0.1, 0.15) is 12.1 Å². The van der Waals surface area contributed by atoms with Crippen molar-refractivity contribution >= 4 is 23.5 Å². The Balaban J connectivity index is 2.17. The van der Waals surface area contributed by atoms with Crippen LogP contribution >= 0.6 is 0 Å². The van der Waals surface area contributed by atoms with Crippen LogP contribution in [-0.2, 0) is 0 Å². The molecule has 9 heteroatoms. The van der Waals surface area contributed by atoms with Gasteiger partial charge in [-0.25, -0.2) is 14.4 Å². The van der Waals surface area contributed by atoms with Gasteiger partial charge in [-0.2, -0.15) is 5.10 Å². The fourth-order valence-electron chi connectivity index (χ4n) is 1.37. The third kappa shape index (κ3) is 3.02. The molecule has 1 aromatic carbocycles. The highest BCUT2D eigenvalue weighted by molar-refractivity contribution is 5.80. The van der Waals surface area contributed by atoms with E-state index < -0.39 is 10.6 Å². The molecule has 0 saturated carbocycles. The third-order valence-corrected chi connectivity index (χ3v) is 2.29. The van der Waals surface area contributed by atoms with Gasteiger partial charge < -0.3 is 5.73 Å². The van der Waals surface area contributed by atoms with Crippen molar-refractivity contribution in [2.45, 2.75) is 0 Å². The normalized spacial score (nSPS) is 10.7. The summed E-state index contributed by atoms with van der Waals surface area (Å²) in [6.07, 6.45) is 2.44. The number of nitrogen functional groups attached to an aromatic ring is 1. The standard InChI is InChI=1S/C11H9FN6O2/c12-8-3-1-7(2-4-8)5-16-17-11-9(18(19)20)10(13)14-6-15-11/h1-6H,(H3,13,14,15,17)/b16-5-. The molecule has 0 aliphatic heterocycles. The van der Waals surface area contributed by atoms with Gasteiger partial charge in [0.15, 0.2) is 0 Å². The van der Waals surface area contributed by atoms with E-state index in [1.165, 1.54) is 30.5 Å². The fraction of sp³-hybridized carbons (Fsp3) is 0. The Hall–Kier alpha value is -3.10. The van der Waals surface area contributed by atoms with Gasteiger partial charge in [0.25, 0.3) is 0 Å². The topological polar surface area (TPSA) is 119 Å². The lowest BCUT2D eigenvalue weighted by atomic mass is 10.2. The number of nitrogens with two attached hydrogens (primary N) is 1. The second-order valence-electron chi connectivity index (χ2n) is 3.63. The van der Waals surface area contributed by atoms with Crippen LogP contribution in [0.3, 0.4) is 0 Å². The zero-order chi connectivity index (χ0) is 14.5. The molecule has 0 unspecified atom stereocenters. The molecule has 0 spiro atoms. The van der Waals surface area contributed by atoms with Crippen molar-refractivity contribution in [3.63, 3.8) is 0 Å². The Kier molecular flexibility index (Phi) is 3.80. The van der Waals surface area contributed by atoms with Crippen LogP contribution in [0.5, 0.6) is 0 Å². The van der Waals surface area contributed by atoms with E-state index in [0.717, 1.165) is 6.33 Å². The summed E-state index contributed by atoms with van der Waals surface area (Å²) in [6, 6.07) is 5.55. The third-order valence-electron chi connectivity index (χ3n) is 2.29. The maximum atomic E-state index is 12.7. The maximum absolute atomic E-state index is 12.7. The first-order chi connectivity index (χ1) is 9.58. The van der Waals surface area contributed by atoms with Crippen LogP contribution < -0.4 is 11.2 Å². The number of nitro groups is 1. The van der Waals surface area contributed by atoms with Gasteiger partial charge in [-0.3, -0.25) is 15.5 Å². The van der Waals surface area contributed by atoms with Crippen LogP contribution in [0.4, 0.5) is 21.7 Å². The summed E-state index contributed by atoms with van der Waals surface area (Å²) >= 11 is 0. The molecular weight excluding hydrogens is 267 g/mol. The van der Waals surface area contributed by atoms with Gasteiger partial charge in [-0.15, -0.1) is 0 Å². The van der Waals surface area contributed by atoms with Crippen LogP contribution in [0.2, 0.25) is 0 Å². The first-order valence-electron chi connectivity index (χ1n) is 5.37. The van der Waals surface area contributed by atoms with Crippen molar-refractivity contribution in [1.29, 1.82) is 0 Å². The second-order valence-corrected chi connectivity index (χ2v) is 3.63. The second kappa shape index (κ2) is 5.69. The quantitative estimate of drug-likeness (QED) is 0.496. The lowest BCUT2D eigenvalue weighted by Gasteiger charge is -2.01. The number of halogens is 1. The van der Waals surface area contributed by atoms with Crippen LogP contribution in [-0.4, -0.2) is 21.1 Å². The van der Waals surface area contributed by atoms with Gasteiger partial charge >= 0.3 is 5.69 Å². The van der Waals surface area contributed by atoms with Crippen LogP contribution in [0.25, 0.3) is 0 Å². The summed E-state index contributed by atoms with van der Waals surface area (Å²) < 4.78 is 12.7. The minimum atomic E-state index is -0.703. The molecule has 8 nitrogen and oxygen atoms in total. The number of aromatic nitrogens is 2. The molecule has 0 saturated heterocycles. The first-order valence-corrected chi connectivity index (χ1v) is 5.37. The van der Waals surface area contributed by atoms with Crippen molar-refractivity contribution in [3.05, 3.63) is 52.1 Å². The molecule has 1 aromatic heterocycles.